The summed E-state index contributed by atoms with van der Waals surface area (Å²) < 4.78 is 58.8. The summed E-state index contributed by atoms with van der Waals surface area (Å²) in [7, 11) is -3.47. The molecule has 1 saturated heterocycles. The van der Waals surface area contributed by atoms with Gasteiger partial charge in [-0.15, -0.1) is 0 Å². The van der Waals surface area contributed by atoms with Crippen LogP contribution in [0, 0.1) is 25.1 Å². The van der Waals surface area contributed by atoms with Crippen LogP contribution in [0.5, 0.6) is 17.2 Å². The zero-order chi connectivity index (χ0) is 30.7. The SMILES string of the molecule is Cc1cc(OC(C2(C)CNC2)S(C)(=O)=O)cc(C)c1-c1ccc(F)c2c1CC[C@H]2Oc1ccc2c(c1)OCC2CC(=O)O. The first-order valence-corrected chi connectivity index (χ1v) is 16.4. The summed E-state index contributed by atoms with van der Waals surface area (Å²) in [6.07, 6.45) is 1.96. The van der Waals surface area contributed by atoms with Gasteiger partial charge < -0.3 is 24.6 Å². The molecule has 2 heterocycles. The van der Waals surface area contributed by atoms with Gasteiger partial charge in [0.2, 0.25) is 5.44 Å². The van der Waals surface area contributed by atoms with Crippen molar-refractivity contribution >= 4 is 15.8 Å². The quantitative estimate of drug-likeness (QED) is 0.328. The van der Waals surface area contributed by atoms with Crippen LogP contribution in [0.15, 0.2) is 42.5 Å². The van der Waals surface area contributed by atoms with Gasteiger partial charge in [-0.3, -0.25) is 4.79 Å². The Bertz CT molecular complexity index is 1690. The fraction of sp³-hybridized carbons (Fsp3) is 0.424. The largest absolute Gasteiger partial charge is 0.492 e. The molecule has 3 aliphatic rings. The second-order valence-electron chi connectivity index (χ2n) is 12.4. The molecule has 2 unspecified atom stereocenters. The summed E-state index contributed by atoms with van der Waals surface area (Å²) in [5.74, 6) is 0.238. The Hall–Kier alpha value is -3.63. The van der Waals surface area contributed by atoms with Gasteiger partial charge in [-0.1, -0.05) is 19.1 Å². The maximum Gasteiger partial charge on any atom is 0.304 e. The molecule has 1 fully saturated rings. The summed E-state index contributed by atoms with van der Waals surface area (Å²) in [6.45, 7) is 7.26. The molecule has 3 aromatic carbocycles. The van der Waals surface area contributed by atoms with Gasteiger partial charge in [0.05, 0.1) is 13.0 Å². The van der Waals surface area contributed by atoms with Gasteiger partial charge in [-0.25, -0.2) is 12.8 Å². The number of carboxylic acids is 1. The van der Waals surface area contributed by atoms with Crippen molar-refractivity contribution in [2.45, 2.75) is 57.5 Å². The van der Waals surface area contributed by atoms with E-state index in [2.05, 4.69) is 5.32 Å². The lowest BCUT2D eigenvalue weighted by molar-refractivity contribution is -0.137. The molecule has 1 aliphatic carbocycles. The van der Waals surface area contributed by atoms with E-state index in [9.17, 15) is 18.3 Å². The number of rotatable bonds is 9. The highest BCUT2D eigenvalue weighted by molar-refractivity contribution is 7.91. The van der Waals surface area contributed by atoms with E-state index in [0.717, 1.165) is 33.4 Å². The number of hydrogen-bond donors (Lipinski definition) is 2. The molecule has 0 amide bonds. The normalized spacial score (nSPS) is 20.9. The Labute approximate surface area is 251 Å². The number of fused-ring (bicyclic) bond motifs is 2. The van der Waals surface area contributed by atoms with Gasteiger partial charge >= 0.3 is 5.97 Å². The van der Waals surface area contributed by atoms with E-state index in [1.807, 2.05) is 39.0 Å². The number of hydrogen-bond acceptors (Lipinski definition) is 7. The van der Waals surface area contributed by atoms with Crippen LogP contribution in [0.4, 0.5) is 4.39 Å². The Morgan fingerprint density at radius 3 is 2.49 bits per heavy atom. The van der Waals surface area contributed by atoms with Crippen molar-refractivity contribution in [1.29, 1.82) is 0 Å². The van der Waals surface area contributed by atoms with Crippen LogP contribution >= 0.6 is 0 Å². The monoisotopic (exact) mass is 609 g/mol. The smallest absolute Gasteiger partial charge is 0.304 e. The third-order valence-electron chi connectivity index (χ3n) is 8.88. The van der Waals surface area contributed by atoms with Crippen molar-refractivity contribution in [1.82, 2.24) is 5.32 Å². The van der Waals surface area contributed by atoms with E-state index in [1.165, 1.54) is 12.3 Å². The number of benzene rings is 3. The Balaban J connectivity index is 1.27. The number of aliphatic carboxylic acids is 1. The molecule has 0 aromatic heterocycles. The molecule has 6 rings (SSSR count). The molecule has 8 nitrogen and oxygen atoms in total. The minimum atomic E-state index is -3.47. The van der Waals surface area contributed by atoms with Crippen LogP contribution < -0.4 is 19.5 Å². The van der Waals surface area contributed by atoms with E-state index >= 15 is 4.39 Å². The summed E-state index contributed by atoms with van der Waals surface area (Å²) in [5.41, 5.74) is 4.50. The molecule has 43 heavy (non-hydrogen) atoms. The van der Waals surface area contributed by atoms with Gasteiger partial charge in [0.25, 0.3) is 0 Å². The number of halogens is 1. The predicted molar refractivity (Wildman–Crippen MR) is 160 cm³/mol. The lowest BCUT2D eigenvalue weighted by Crippen LogP contribution is -2.61. The standard InChI is InChI=1S/C33H36FNO7S/c1-18-11-22(42-32(43(4,38)39)33(3)16-35-17-33)12-19(2)30(18)24-7-9-26(34)31-25(24)8-10-27(31)41-21-5-6-23-20(13-29(36)37)15-40-28(23)14-21/h5-7,9,11-12,14,20,27,32,35H,8,10,13,15-17H2,1-4H3,(H,36,37)/t20?,27-,32?/m1/s1. The van der Waals surface area contributed by atoms with Crippen LogP contribution in [0.25, 0.3) is 11.1 Å². The molecule has 2 aliphatic heterocycles. The molecule has 3 aromatic rings. The van der Waals surface area contributed by atoms with Crippen LogP contribution in [0.3, 0.4) is 0 Å². The Morgan fingerprint density at radius 1 is 1.14 bits per heavy atom. The van der Waals surface area contributed by atoms with Gasteiger partial charge in [0, 0.05) is 47.9 Å². The molecule has 10 heteroatoms. The third kappa shape index (κ3) is 5.47. The minimum absolute atomic E-state index is 0.00171. The lowest BCUT2D eigenvalue weighted by atomic mass is 9.85. The summed E-state index contributed by atoms with van der Waals surface area (Å²) in [6, 6.07) is 12.4. The second-order valence-corrected chi connectivity index (χ2v) is 14.5. The summed E-state index contributed by atoms with van der Waals surface area (Å²) in [4.78, 5) is 11.2. The van der Waals surface area contributed by atoms with Crippen LogP contribution in [0.1, 0.15) is 59.6 Å². The first-order valence-electron chi connectivity index (χ1n) is 14.5. The molecule has 2 N–H and O–H groups in total. The first-order chi connectivity index (χ1) is 20.3. The number of carbonyl (C=O) groups is 1. The van der Waals surface area contributed by atoms with Crippen LogP contribution in [-0.2, 0) is 21.1 Å². The molecule has 0 spiro atoms. The lowest BCUT2D eigenvalue weighted by Gasteiger charge is -2.44. The number of nitrogens with one attached hydrogen (secondary N) is 1. The summed E-state index contributed by atoms with van der Waals surface area (Å²) in [5, 5.41) is 12.3. The Kier molecular flexibility index (Phi) is 7.41. The van der Waals surface area contributed by atoms with Gasteiger partial charge in [-0.05, 0) is 78.8 Å². The number of carboxylic acid groups (broad SMARTS) is 1. The molecule has 0 saturated carbocycles. The zero-order valence-corrected chi connectivity index (χ0v) is 25.5. The van der Waals surface area contributed by atoms with Crippen LogP contribution in [0.2, 0.25) is 0 Å². The van der Waals surface area contributed by atoms with E-state index in [-0.39, 0.29) is 18.2 Å². The third-order valence-corrected chi connectivity index (χ3v) is 10.3. The average Bonchev–Trinajstić information content (AvgIpc) is 3.50. The van der Waals surface area contributed by atoms with Crippen molar-refractivity contribution in [2.75, 3.05) is 26.0 Å². The zero-order valence-electron chi connectivity index (χ0n) is 24.7. The molecular weight excluding hydrogens is 573 g/mol. The van der Waals surface area contributed by atoms with E-state index in [1.54, 1.807) is 18.2 Å². The highest BCUT2D eigenvalue weighted by Gasteiger charge is 2.47. The van der Waals surface area contributed by atoms with Gasteiger partial charge in [0.15, 0.2) is 9.84 Å². The van der Waals surface area contributed by atoms with Crippen molar-refractivity contribution in [2.24, 2.45) is 5.41 Å². The van der Waals surface area contributed by atoms with Crippen molar-refractivity contribution in [3.05, 3.63) is 76.1 Å². The molecule has 0 bridgehead atoms. The number of ether oxygens (including phenoxy) is 3. The topological polar surface area (TPSA) is 111 Å². The van der Waals surface area contributed by atoms with Crippen molar-refractivity contribution < 1.29 is 36.9 Å². The Morgan fingerprint density at radius 2 is 1.86 bits per heavy atom. The highest BCUT2D eigenvalue weighted by atomic mass is 32.2. The maximum absolute atomic E-state index is 15.4. The number of aryl methyl sites for hydroxylation is 2. The predicted octanol–water partition coefficient (Wildman–Crippen LogP) is 5.49. The highest BCUT2D eigenvalue weighted by Crippen LogP contribution is 2.45. The first kappa shape index (κ1) is 29.4. The average molecular weight is 610 g/mol. The molecular formula is C33H36FNO7S. The van der Waals surface area contributed by atoms with Gasteiger partial charge in [-0.2, -0.15) is 0 Å². The maximum atomic E-state index is 15.4. The van der Waals surface area contributed by atoms with E-state index in [4.69, 9.17) is 14.2 Å². The van der Waals surface area contributed by atoms with Crippen LogP contribution in [-0.4, -0.2) is 50.9 Å². The van der Waals surface area contributed by atoms with E-state index in [0.29, 0.717) is 55.4 Å². The minimum Gasteiger partial charge on any atom is -0.492 e. The molecule has 3 atom stereocenters. The van der Waals surface area contributed by atoms with E-state index < -0.39 is 32.8 Å². The second kappa shape index (κ2) is 10.8. The summed E-state index contributed by atoms with van der Waals surface area (Å²) >= 11 is 0. The van der Waals surface area contributed by atoms with Crippen molar-refractivity contribution in [3.63, 3.8) is 0 Å². The fourth-order valence-electron chi connectivity index (χ4n) is 6.87. The molecule has 228 valence electrons. The van der Waals surface area contributed by atoms with Gasteiger partial charge in [0.1, 0.15) is 29.2 Å². The number of sulfone groups is 1. The van der Waals surface area contributed by atoms with Crippen molar-refractivity contribution in [3.8, 4) is 28.4 Å². The fourth-order valence-corrected chi connectivity index (χ4v) is 8.36. The molecule has 0 radical (unpaired) electrons.